The number of rotatable bonds is 5. The summed E-state index contributed by atoms with van der Waals surface area (Å²) in [6.07, 6.45) is 4.42. The molecule has 0 radical (unpaired) electrons. The normalized spacial score (nSPS) is 12.5. The molecule has 0 saturated carbocycles. The second-order valence-electron chi connectivity index (χ2n) is 3.74. The fourth-order valence-corrected chi connectivity index (χ4v) is 1.99. The van der Waals surface area contributed by atoms with Gasteiger partial charge in [-0.2, -0.15) is 5.10 Å². The summed E-state index contributed by atoms with van der Waals surface area (Å²) in [4.78, 5) is 0. The predicted octanol–water partition coefficient (Wildman–Crippen LogP) is 2.16. The molecule has 0 aliphatic rings. The first kappa shape index (κ1) is 12.0. The van der Waals surface area contributed by atoms with Crippen LogP contribution in [0.25, 0.3) is 11.1 Å². The monoisotopic (exact) mass is 250 g/mol. The van der Waals surface area contributed by atoms with Crippen molar-refractivity contribution in [1.29, 1.82) is 0 Å². The molecule has 17 heavy (non-hydrogen) atoms. The summed E-state index contributed by atoms with van der Waals surface area (Å²) >= 11 is -1.71. The minimum Gasteiger partial charge on any atom is -0.306 e. The lowest BCUT2D eigenvalue weighted by Gasteiger charge is -1.99. The maximum atomic E-state index is 10.5. The summed E-state index contributed by atoms with van der Waals surface area (Å²) in [5, 5.41) is 4.23. The van der Waals surface area contributed by atoms with E-state index in [9.17, 15) is 4.21 Å². The zero-order valence-electron chi connectivity index (χ0n) is 9.32. The van der Waals surface area contributed by atoms with Crippen molar-refractivity contribution in [2.24, 2.45) is 0 Å². The van der Waals surface area contributed by atoms with Crippen LogP contribution in [-0.4, -0.2) is 24.3 Å². The van der Waals surface area contributed by atoms with Crippen molar-refractivity contribution in [3.63, 3.8) is 0 Å². The van der Waals surface area contributed by atoms with Crippen LogP contribution in [0, 0.1) is 0 Å². The van der Waals surface area contributed by atoms with Crippen LogP contribution in [0.15, 0.2) is 42.7 Å². The Morgan fingerprint density at radius 1 is 1.24 bits per heavy atom. The minimum atomic E-state index is -1.71. The molecule has 0 aliphatic carbocycles. The van der Waals surface area contributed by atoms with Crippen LogP contribution < -0.4 is 0 Å². The third kappa shape index (κ3) is 3.51. The van der Waals surface area contributed by atoms with Crippen LogP contribution in [0.2, 0.25) is 0 Å². The standard InChI is InChI=1S/C12H14N2O2S/c15-17(16)8-4-7-14-10-12(9-13-14)11-5-2-1-3-6-11/h1-3,5-6,9-10H,4,7-8H2,(H,15,16). The van der Waals surface area contributed by atoms with Crippen molar-refractivity contribution >= 4 is 11.1 Å². The van der Waals surface area contributed by atoms with Crippen molar-refractivity contribution in [2.45, 2.75) is 13.0 Å². The Kier molecular flexibility index (Phi) is 4.06. The van der Waals surface area contributed by atoms with Crippen molar-refractivity contribution in [3.05, 3.63) is 42.7 Å². The number of aryl methyl sites for hydroxylation is 1. The molecule has 1 aromatic heterocycles. The van der Waals surface area contributed by atoms with E-state index in [1.807, 2.05) is 42.7 Å². The number of nitrogens with zero attached hydrogens (tertiary/aromatic N) is 2. The molecule has 2 aromatic rings. The van der Waals surface area contributed by atoms with Crippen molar-refractivity contribution in [1.82, 2.24) is 9.78 Å². The molecule has 0 spiro atoms. The Balaban J connectivity index is 1.99. The fourth-order valence-electron chi connectivity index (χ4n) is 1.62. The fraction of sp³-hybridized carbons (Fsp3) is 0.250. The van der Waals surface area contributed by atoms with Crippen molar-refractivity contribution in [3.8, 4) is 11.1 Å². The maximum Gasteiger partial charge on any atom is 0.152 e. The van der Waals surface area contributed by atoms with Crippen LogP contribution >= 0.6 is 0 Å². The second kappa shape index (κ2) is 5.75. The number of hydrogen-bond acceptors (Lipinski definition) is 2. The zero-order valence-corrected chi connectivity index (χ0v) is 10.1. The van der Waals surface area contributed by atoms with E-state index in [1.165, 1.54) is 0 Å². The lowest BCUT2D eigenvalue weighted by molar-refractivity contribution is 0.549. The van der Waals surface area contributed by atoms with Gasteiger partial charge in [0.05, 0.1) is 11.9 Å². The number of hydrogen-bond donors (Lipinski definition) is 1. The van der Waals surface area contributed by atoms with Gasteiger partial charge in [-0.25, -0.2) is 4.21 Å². The SMILES string of the molecule is O=S(O)CCCn1cc(-c2ccccc2)cn1. The average molecular weight is 250 g/mol. The van der Waals surface area contributed by atoms with Gasteiger partial charge in [0, 0.05) is 18.3 Å². The summed E-state index contributed by atoms with van der Waals surface area (Å²) in [5.74, 6) is 0.292. The van der Waals surface area contributed by atoms with Gasteiger partial charge < -0.3 is 4.55 Å². The summed E-state index contributed by atoms with van der Waals surface area (Å²) < 4.78 is 21.0. The van der Waals surface area contributed by atoms with E-state index in [4.69, 9.17) is 4.55 Å². The summed E-state index contributed by atoms with van der Waals surface area (Å²) in [6, 6.07) is 10.0. The van der Waals surface area contributed by atoms with Gasteiger partial charge in [0.15, 0.2) is 11.1 Å². The van der Waals surface area contributed by atoms with Gasteiger partial charge in [-0.3, -0.25) is 4.68 Å². The molecule has 1 aromatic carbocycles. The van der Waals surface area contributed by atoms with E-state index < -0.39 is 11.1 Å². The average Bonchev–Trinajstić information content (AvgIpc) is 2.78. The molecule has 0 aliphatic heterocycles. The molecule has 5 heteroatoms. The Morgan fingerprint density at radius 2 is 2.00 bits per heavy atom. The second-order valence-corrected chi connectivity index (χ2v) is 4.79. The summed E-state index contributed by atoms with van der Waals surface area (Å²) in [6.45, 7) is 0.666. The zero-order chi connectivity index (χ0) is 12.1. The smallest absolute Gasteiger partial charge is 0.152 e. The lowest BCUT2D eigenvalue weighted by Crippen LogP contribution is -2.03. The molecule has 0 bridgehead atoms. The quantitative estimate of drug-likeness (QED) is 0.827. The molecule has 1 heterocycles. The van der Waals surface area contributed by atoms with E-state index in [0.717, 1.165) is 11.1 Å². The van der Waals surface area contributed by atoms with Crippen molar-refractivity contribution in [2.75, 3.05) is 5.75 Å². The summed E-state index contributed by atoms with van der Waals surface area (Å²) in [5.41, 5.74) is 2.19. The van der Waals surface area contributed by atoms with Gasteiger partial charge in [-0.05, 0) is 12.0 Å². The Morgan fingerprint density at radius 3 is 2.71 bits per heavy atom. The highest BCUT2D eigenvalue weighted by atomic mass is 32.2. The predicted molar refractivity (Wildman–Crippen MR) is 67.9 cm³/mol. The Labute approximate surface area is 103 Å². The first-order valence-corrected chi connectivity index (χ1v) is 6.68. The van der Waals surface area contributed by atoms with E-state index in [0.29, 0.717) is 18.7 Å². The van der Waals surface area contributed by atoms with E-state index >= 15 is 0 Å². The molecule has 2 rings (SSSR count). The molecule has 0 saturated heterocycles. The highest BCUT2D eigenvalue weighted by Crippen LogP contribution is 2.17. The summed E-state index contributed by atoms with van der Waals surface area (Å²) in [7, 11) is 0. The van der Waals surface area contributed by atoms with Crippen LogP contribution in [0.5, 0.6) is 0 Å². The molecule has 4 nitrogen and oxygen atoms in total. The van der Waals surface area contributed by atoms with Gasteiger partial charge in [0.2, 0.25) is 0 Å². The molecule has 0 fully saturated rings. The molecule has 90 valence electrons. The van der Waals surface area contributed by atoms with Gasteiger partial charge in [-0.15, -0.1) is 0 Å². The number of aromatic nitrogens is 2. The Hall–Kier alpha value is -1.46. The number of benzene rings is 1. The topological polar surface area (TPSA) is 55.1 Å². The third-order valence-corrected chi connectivity index (χ3v) is 3.08. The highest BCUT2D eigenvalue weighted by molar-refractivity contribution is 7.79. The van der Waals surface area contributed by atoms with Crippen LogP contribution in [0.4, 0.5) is 0 Å². The van der Waals surface area contributed by atoms with Gasteiger partial charge >= 0.3 is 0 Å². The Bertz CT molecular complexity index is 496. The minimum absolute atomic E-state index is 0.292. The lowest BCUT2D eigenvalue weighted by atomic mass is 10.1. The van der Waals surface area contributed by atoms with Gasteiger partial charge in [0.25, 0.3) is 0 Å². The molecule has 1 unspecified atom stereocenters. The molecular formula is C12H14N2O2S. The molecule has 0 amide bonds. The molecular weight excluding hydrogens is 236 g/mol. The largest absolute Gasteiger partial charge is 0.306 e. The van der Waals surface area contributed by atoms with Crippen LogP contribution in [0.3, 0.4) is 0 Å². The first-order chi connectivity index (χ1) is 8.25. The molecule has 1 N–H and O–H groups in total. The maximum absolute atomic E-state index is 10.5. The third-order valence-electron chi connectivity index (χ3n) is 2.45. The van der Waals surface area contributed by atoms with Gasteiger partial charge in [-0.1, -0.05) is 30.3 Å². The van der Waals surface area contributed by atoms with Crippen molar-refractivity contribution < 1.29 is 8.76 Å². The molecule has 1 atom stereocenters. The van der Waals surface area contributed by atoms with E-state index in [2.05, 4.69) is 5.10 Å². The van der Waals surface area contributed by atoms with Gasteiger partial charge in [0.1, 0.15) is 0 Å². The van der Waals surface area contributed by atoms with E-state index in [1.54, 1.807) is 4.68 Å². The van der Waals surface area contributed by atoms with E-state index in [-0.39, 0.29) is 0 Å². The highest BCUT2D eigenvalue weighted by Gasteiger charge is 2.01. The van der Waals surface area contributed by atoms with Crippen LogP contribution in [-0.2, 0) is 17.6 Å². The van der Waals surface area contributed by atoms with Crippen LogP contribution in [0.1, 0.15) is 6.42 Å². The first-order valence-electron chi connectivity index (χ1n) is 5.41.